The lowest BCUT2D eigenvalue weighted by Crippen LogP contribution is -2.17. The monoisotopic (exact) mass is 411 g/mol. The number of hydrogen-bond donors (Lipinski definition) is 2. The fourth-order valence-electron chi connectivity index (χ4n) is 3.62. The molecule has 1 amide bonds. The summed E-state index contributed by atoms with van der Waals surface area (Å²) in [7, 11) is 0. The summed E-state index contributed by atoms with van der Waals surface area (Å²) in [4.78, 5) is 23.5. The van der Waals surface area contributed by atoms with Gasteiger partial charge in [0, 0.05) is 28.2 Å². The molecule has 31 heavy (non-hydrogen) atoms. The highest BCUT2D eigenvalue weighted by atomic mass is 16.4. The number of hydrogen-bond acceptors (Lipinski definition) is 3. The zero-order valence-corrected chi connectivity index (χ0v) is 17.2. The summed E-state index contributed by atoms with van der Waals surface area (Å²) in [6.07, 6.45) is 1.61. The molecular weight excluding hydrogens is 390 g/mol. The second-order valence-electron chi connectivity index (χ2n) is 7.27. The molecule has 0 aliphatic carbocycles. The van der Waals surface area contributed by atoms with Crippen LogP contribution in [-0.2, 0) is 0 Å². The average molecular weight is 411 g/mol. The molecule has 3 aromatic carbocycles. The Hall–Kier alpha value is -4.19. The van der Waals surface area contributed by atoms with Crippen LogP contribution in [0, 0.1) is 13.8 Å². The zero-order chi connectivity index (χ0) is 22.0. The first-order valence-corrected chi connectivity index (χ1v) is 9.79. The van der Waals surface area contributed by atoms with Crippen LogP contribution in [-0.4, -0.2) is 27.8 Å². The van der Waals surface area contributed by atoms with E-state index in [1.54, 1.807) is 36.5 Å². The molecule has 0 aliphatic heterocycles. The second-order valence-corrected chi connectivity index (χ2v) is 7.27. The molecule has 0 radical (unpaired) electrons. The van der Waals surface area contributed by atoms with E-state index < -0.39 is 5.97 Å². The van der Waals surface area contributed by atoms with Crippen LogP contribution in [0.5, 0.6) is 0 Å². The highest BCUT2D eigenvalue weighted by Crippen LogP contribution is 2.20. The molecule has 4 aromatic rings. The maximum absolute atomic E-state index is 12.5. The van der Waals surface area contributed by atoms with Crippen LogP contribution in [0.15, 0.2) is 77.9 Å². The minimum atomic E-state index is -0.956. The van der Waals surface area contributed by atoms with Crippen molar-refractivity contribution in [2.75, 3.05) is 0 Å². The van der Waals surface area contributed by atoms with Crippen LogP contribution >= 0.6 is 0 Å². The number of amides is 1. The lowest BCUT2D eigenvalue weighted by atomic mass is 10.1. The van der Waals surface area contributed by atoms with Crippen LogP contribution in [0.4, 0.5) is 0 Å². The number of nitrogens with zero attached hydrogens (tertiary/aromatic N) is 2. The Morgan fingerprint density at radius 2 is 1.58 bits per heavy atom. The highest BCUT2D eigenvalue weighted by molar-refractivity contribution is 5.99. The summed E-state index contributed by atoms with van der Waals surface area (Å²) >= 11 is 0. The molecule has 0 spiro atoms. The molecule has 1 heterocycles. The first-order chi connectivity index (χ1) is 14.9. The minimum absolute atomic E-state index is 0.240. The van der Waals surface area contributed by atoms with Gasteiger partial charge in [-0.2, -0.15) is 5.10 Å². The van der Waals surface area contributed by atoms with Gasteiger partial charge in [0.15, 0.2) is 0 Å². The quantitative estimate of drug-likeness (QED) is 0.368. The first kappa shape index (κ1) is 20.1. The van der Waals surface area contributed by atoms with Gasteiger partial charge >= 0.3 is 5.97 Å². The molecule has 0 bridgehead atoms. The van der Waals surface area contributed by atoms with Crippen molar-refractivity contribution in [2.24, 2.45) is 5.10 Å². The van der Waals surface area contributed by atoms with Gasteiger partial charge in [0.05, 0.1) is 11.8 Å². The van der Waals surface area contributed by atoms with Crippen LogP contribution < -0.4 is 5.43 Å². The lowest BCUT2D eigenvalue weighted by molar-refractivity contribution is 0.0696. The van der Waals surface area contributed by atoms with Gasteiger partial charge in [0.1, 0.15) is 0 Å². The molecule has 2 N–H and O–H groups in total. The van der Waals surface area contributed by atoms with Crippen LogP contribution in [0.25, 0.3) is 16.5 Å². The van der Waals surface area contributed by atoms with E-state index in [1.807, 2.05) is 60.9 Å². The SMILES string of the molecule is Cc1cc(/C=N/NC(=O)c2ccc3ccccc3c2)c(C)n1-c1ccc(C(=O)O)cc1. The number of hydrazone groups is 1. The standard InChI is InChI=1S/C25H21N3O3/c1-16-13-22(17(2)28(16)23-11-9-19(10-12-23)25(30)31)15-26-27-24(29)21-8-7-18-5-3-4-6-20(18)14-21/h3-15H,1-2H3,(H,27,29)(H,30,31)/b26-15+. The molecule has 0 atom stereocenters. The predicted molar refractivity (Wildman–Crippen MR) is 121 cm³/mol. The maximum atomic E-state index is 12.5. The van der Waals surface area contributed by atoms with Crippen molar-refractivity contribution in [1.29, 1.82) is 0 Å². The fourth-order valence-corrected chi connectivity index (χ4v) is 3.62. The largest absolute Gasteiger partial charge is 0.478 e. The number of carbonyl (C=O) groups is 2. The van der Waals surface area contributed by atoms with Crippen molar-refractivity contribution in [3.8, 4) is 5.69 Å². The number of carboxylic acids is 1. The summed E-state index contributed by atoms with van der Waals surface area (Å²) in [5.41, 5.74) is 7.00. The number of benzene rings is 3. The van der Waals surface area contributed by atoms with Gasteiger partial charge in [0.25, 0.3) is 5.91 Å². The molecule has 4 rings (SSSR count). The summed E-state index contributed by atoms with van der Waals surface area (Å²) in [6, 6.07) is 22.1. The third kappa shape index (κ3) is 4.09. The van der Waals surface area contributed by atoms with Crippen LogP contribution in [0.2, 0.25) is 0 Å². The van der Waals surface area contributed by atoms with Gasteiger partial charge in [-0.25, -0.2) is 10.2 Å². The highest BCUT2D eigenvalue weighted by Gasteiger charge is 2.11. The Labute approximate surface area is 179 Å². The summed E-state index contributed by atoms with van der Waals surface area (Å²) in [5.74, 6) is -1.23. The summed E-state index contributed by atoms with van der Waals surface area (Å²) in [6.45, 7) is 3.91. The van der Waals surface area contributed by atoms with Gasteiger partial charge in [-0.3, -0.25) is 4.79 Å². The molecule has 1 aromatic heterocycles. The molecule has 0 saturated heterocycles. The Balaban J connectivity index is 1.52. The number of carboxylic acid groups (broad SMARTS) is 1. The molecule has 0 saturated carbocycles. The molecule has 0 fully saturated rings. The van der Waals surface area contributed by atoms with Crippen molar-refractivity contribution in [2.45, 2.75) is 13.8 Å². The summed E-state index contributed by atoms with van der Waals surface area (Å²) < 4.78 is 2.01. The number of carbonyl (C=O) groups excluding carboxylic acids is 1. The molecule has 154 valence electrons. The topological polar surface area (TPSA) is 83.7 Å². The van der Waals surface area contributed by atoms with E-state index in [1.165, 1.54) is 0 Å². The van der Waals surface area contributed by atoms with E-state index in [0.717, 1.165) is 33.4 Å². The van der Waals surface area contributed by atoms with E-state index in [2.05, 4.69) is 10.5 Å². The normalized spacial score (nSPS) is 11.2. The molecule has 0 aliphatic rings. The van der Waals surface area contributed by atoms with Gasteiger partial charge in [-0.15, -0.1) is 0 Å². The van der Waals surface area contributed by atoms with E-state index in [-0.39, 0.29) is 11.5 Å². The van der Waals surface area contributed by atoms with Gasteiger partial charge in [-0.05, 0) is 67.1 Å². The predicted octanol–water partition coefficient (Wildman–Crippen LogP) is 4.71. The van der Waals surface area contributed by atoms with Gasteiger partial charge in [0.2, 0.25) is 0 Å². The van der Waals surface area contributed by atoms with Gasteiger partial charge in [-0.1, -0.05) is 30.3 Å². The third-order valence-electron chi connectivity index (χ3n) is 5.22. The Bertz CT molecular complexity index is 1320. The lowest BCUT2D eigenvalue weighted by Gasteiger charge is -2.09. The molecule has 6 nitrogen and oxygen atoms in total. The van der Waals surface area contributed by atoms with E-state index in [0.29, 0.717) is 5.56 Å². The molecular formula is C25H21N3O3. The Kier molecular flexibility index (Phi) is 5.37. The van der Waals surface area contributed by atoms with E-state index in [9.17, 15) is 9.59 Å². The number of fused-ring (bicyclic) bond motifs is 1. The second kappa shape index (κ2) is 8.28. The maximum Gasteiger partial charge on any atom is 0.335 e. The zero-order valence-electron chi connectivity index (χ0n) is 17.2. The van der Waals surface area contributed by atoms with Crippen molar-refractivity contribution in [3.05, 3.63) is 101 Å². The minimum Gasteiger partial charge on any atom is -0.478 e. The van der Waals surface area contributed by atoms with Crippen molar-refractivity contribution < 1.29 is 14.7 Å². The Morgan fingerprint density at radius 1 is 0.903 bits per heavy atom. The fraction of sp³-hybridized carbons (Fsp3) is 0.0800. The third-order valence-corrected chi connectivity index (χ3v) is 5.22. The number of aryl methyl sites for hydroxylation is 1. The van der Waals surface area contributed by atoms with Crippen LogP contribution in [0.3, 0.4) is 0 Å². The smallest absolute Gasteiger partial charge is 0.335 e. The van der Waals surface area contributed by atoms with E-state index in [4.69, 9.17) is 5.11 Å². The molecule has 6 heteroatoms. The van der Waals surface area contributed by atoms with Gasteiger partial charge < -0.3 is 9.67 Å². The Morgan fingerprint density at radius 3 is 2.29 bits per heavy atom. The number of nitrogens with one attached hydrogen (secondary N) is 1. The number of rotatable bonds is 5. The molecule has 0 unspecified atom stereocenters. The number of aromatic nitrogens is 1. The van der Waals surface area contributed by atoms with Crippen LogP contribution in [0.1, 0.15) is 37.7 Å². The van der Waals surface area contributed by atoms with Crippen molar-refractivity contribution in [3.63, 3.8) is 0 Å². The van der Waals surface area contributed by atoms with Crippen molar-refractivity contribution >= 4 is 28.9 Å². The van der Waals surface area contributed by atoms with E-state index >= 15 is 0 Å². The first-order valence-electron chi connectivity index (χ1n) is 9.79. The number of aromatic carboxylic acids is 1. The summed E-state index contributed by atoms with van der Waals surface area (Å²) in [5, 5.41) is 15.3. The van der Waals surface area contributed by atoms with Crippen molar-refractivity contribution in [1.82, 2.24) is 9.99 Å². The average Bonchev–Trinajstić information content (AvgIpc) is 3.06.